The van der Waals surface area contributed by atoms with Gasteiger partial charge in [-0.3, -0.25) is 4.79 Å². The molecule has 2 bridgehead atoms. The normalized spacial score (nSPS) is 35.4. The number of rotatable bonds is 1. The highest BCUT2D eigenvalue weighted by molar-refractivity contribution is 6.07. The second-order valence-electron chi connectivity index (χ2n) is 6.48. The van der Waals surface area contributed by atoms with Crippen LogP contribution in [0.3, 0.4) is 0 Å². The minimum absolute atomic E-state index is 0.116. The van der Waals surface area contributed by atoms with Gasteiger partial charge in [-0.15, -0.1) is 0 Å². The number of ketones is 1. The van der Waals surface area contributed by atoms with Crippen molar-refractivity contribution in [3.8, 4) is 0 Å². The van der Waals surface area contributed by atoms with Gasteiger partial charge in [0.15, 0.2) is 5.78 Å². The molecule has 94 valence electrons. The first kappa shape index (κ1) is 11.7. The Hall–Kier alpha value is -1.37. The average molecular weight is 240 g/mol. The summed E-state index contributed by atoms with van der Waals surface area (Å²) in [5.74, 6) is 0.822. The van der Waals surface area contributed by atoms with Gasteiger partial charge in [0.2, 0.25) is 0 Å². The van der Waals surface area contributed by atoms with E-state index in [1.165, 1.54) is 0 Å². The molecular formula is C17H20O. The van der Waals surface area contributed by atoms with Crippen LogP contribution in [-0.4, -0.2) is 5.78 Å². The first-order valence-electron chi connectivity index (χ1n) is 6.78. The fourth-order valence-corrected chi connectivity index (χ4v) is 3.82. The number of fused-ring (bicyclic) bond motifs is 2. The standard InChI is InChI=1S/C17H20O/c1-16(2)14-9-10-17(16,3)15(18)13(14)11-12-7-5-4-6-8-12/h4-8,11,14H,9-10H2,1-3H3/t14-,17-/m1/s1. The number of allylic oxidation sites excluding steroid dienone is 1. The highest BCUT2D eigenvalue weighted by atomic mass is 16.1. The van der Waals surface area contributed by atoms with Gasteiger partial charge in [-0.1, -0.05) is 51.1 Å². The van der Waals surface area contributed by atoms with E-state index in [-0.39, 0.29) is 10.8 Å². The minimum atomic E-state index is -0.141. The maximum absolute atomic E-state index is 12.6. The Morgan fingerprint density at radius 1 is 1.17 bits per heavy atom. The summed E-state index contributed by atoms with van der Waals surface area (Å²) in [5.41, 5.74) is 2.18. The Morgan fingerprint density at radius 2 is 1.83 bits per heavy atom. The van der Waals surface area contributed by atoms with E-state index in [0.717, 1.165) is 24.0 Å². The molecule has 0 aromatic heterocycles. The van der Waals surface area contributed by atoms with Gasteiger partial charge in [0, 0.05) is 5.41 Å². The highest BCUT2D eigenvalue weighted by Crippen LogP contribution is 2.65. The zero-order valence-corrected chi connectivity index (χ0v) is 11.4. The Labute approximate surface area is 109 Å². The predicted molar refractivity (Wildman–Crippen MR) is 74.0 cm³/mol. The first-order chi connectivity index (χ1) is 8.47. The first-order valence-corrected chi connectivity index (χ1v) is 6.78. The zero-order valence-electron chi connectivity index (χ0n) is 11.4. The molecule has 0 aliphatic heterocycles. The Morgan fingerprint density at radius 3 is 2.39 bits per heavy atom. The summed E-state index contributed by atoms with van der Waals surface area (Å²) >= 11 is 0. The second kappa shape index (κ2) is 3.57. The van der Waals surface area contributed by atoms with Crippen LogP contribution in [0.5, 0.6) is 0 Å². The van der Waals surface area contributed by atoms with Gasteiger partial charge in [0.1, 0.15) is 0 Å². The summed E-state index contributed by atoms with van der Waals surface area (Å²) < 4.78 is 0. The lowest BCUT2D eigenvalue weighted by Gasteiger charge is -2.31. The van der Waals surface area contributed by atoms with Crippen LogP contribution in [0.4, 0.5) is 0 Å². The van der Waals surface area contributed by atoms with E-state index < -0.39 is 0 Å². The number of benzene rings is 1. The topological polar surface area (TPSA) is 17.1 Å². The molecular weight excluding hydrogens is 220 g/mol. The van der Waals surface area contributed by atoms with E-state index in [0.29, 0.717) is 11.7 Å². The van der Waals surface area contributed by atoms with Crippen molar-refractivity contribution in [3.63, 3.8) is 0 Å². The molecule has 0 N–H and O–H groups in total. The summed E-state index contributed by atoms with van der Waals surface area (Å²) in [7, 11) is 0. The van der Waals surface area contributed by atoms with Gasteiger partial charge in [0.05, 0.1) is 0 Å². The molecule has 0 spiro atoms. The van der Waals surface area contributed by atoms with Crippen molar-refractivity contribution in [2.24, 2.45) is 16.7 Å². The Bertz CT molecular complexity index is 524. The lowest BCUT2D eigenvalue weighted by Crippen LogP contribution is -2.32. The molecule has 0 radical (unpaired) electrons. The van der Waals surface area contributed by atoms with Gasteiger partial charge in [-0.25, -0.2) is 0 Å². The second-order valence-corrected chi connectivity index (χ2v) is 6.48. The molecule has 1 aromatic rings. The Kier molecular flexibility index (Phi) is 2.32. The molecule has 2 fully saturated rings. The molecule has 2 atom stereocenters. The van der Waals surface area contributed by atoms with Crippen molar-refractivity contribution < 1.29 is 4.79 Å². The smallest absolute Gasteiger partial charge is 0.165 e. The third kappa shape index (κ3) is 1.31. The molecule has 0 saturated heterocycles. The van der Waals surface area contributed by atoms with Crippen LogP contribution < -0.4 is 0 Å². The molecule has 0 amide bonds. The van der Waals surface area contributed by atoms with Crippen molar-refractivity contribution in [1.29, 1.82) is 0 Å². The lowest BCUT2D eigenvalue weighted by molar-refractivity contribution is -0.125. The van der Waals surface area contributed by atoms with E-state index in [1.807, 2.05) is 18.2 Å². The van der Waals surface area contributed by atoms with E-state index >= 15 is 0 Å². The quantitative estimate of drug-likeness (QED) is 0.675. The highest BCUT2D eigenvalue weighted by Gasteiger charge is 2.63. The van der Waals surface area contributed by atoms with E-state index in [2.05, 4.69) is 39.0 Å². The average Bonchev–Trinajstić information content (AvgIpc) is 2.65. The van der Waals surface area contributed by atoms with Crippen molar-refractivity contribution in [3.05, 3.63) is 41.5 Å². The number of hydrogen-bond donors (Lipinski definition) is 0. The molecule has 2 aliphatic rings. The van der Waals surface area contributed by atoms with Crippen molar-refractivity contribution in [2.45, 2.75) is 33.6 Å². The summed E-state index contributed by atoms with van der Waals surface area (Å²) in [6.07, 6.45) is 4.32. The maximum atomic E-state index is 12.6. The molecule has 0 unspecified atom stereocenters. The van der Waals surface area contributed by atoms with Gasteiger partial charge < -0.3 is 0 Å². The predicted octanol–water partition coefficient (Wildman–Crippen LogP) is 4.10. The molecule has 2 aliphatic carbocycles. The summed E-state index contributed by atoms with van der Waals surface area (Å²) in [6.45, 7) is 6.67. The summed E-state index contributed by atoms with van der Waals surface area (Å²) in [4.78, 5) is 12.6. The molecule has 1 aromatic carbocycles. The fourth-order valence-electron chi connectivity index (χ4n) is 3.82. The van der Waals surface area contributed by atoms with Gasteiger partial charge in [-0.05, 0) is 41.4 Å². The third-order valence-electron chi connectivity index (χ3n) is 5.49. The molecule has 0 heterocycles. The third-order valence-corrected chi connectivity index (χ3v) is 5.49. The van der Waals surface area contributed by atoms with Gasteiger partial charge >= 0.3 is 0 Å². The monoisotopic (exact) mass is 240 g/mol. The van der Waals surface area contributed by atoms with Crippen molar-refractivity contribution >= 4 is 11.9 Å². The molecule has 1 nitrogen and oxygen atoms in total. The van der Waals surface area contributed by atoms with Crippen molar-refractivity contribution in [1.82, 2.24) is 0 Å². The van der Waals surface area contributed by atoms with Crippen LogP contribution in [0.1, 0.15) is 39.2 Å². The van der Waals surface area contributed by atoms with Gasteiger partial charge in [0.25, 0.3) is 0 Å². The van der Waals surface area contributed by atoms with Crippen LogP contribution in [-0.2, 0) is 4.79 Å². The van der Waals surface area contributed by atoms with Crippen LogP contribution in [0.15, 0.2) is 35.9 Å². The molecule has 18 heavy (non-hydrogen) atoms. The largest absolute Gasteiger partial charge is 0.294 e. The number of carbonyl (C=O) groups is 1. The zero-order chi connectivity index (χ0) is 13.0. The van der Waals surface area contributed by atoms with E-state index in [9.17, 15) is 4.79 Å². The number of carbonyl (C=O) groups excluding carboxylic acids is 1. The van der Waals surface area contributed by atoms with Crippen LogP contribution >= 0.6 is 0 Å². The number of Topliss-reactive ketones (excluding diaryl/α,β-unsaturated/α-hetero) is 1. The number of hydrogen-bond acceptors (Lipinski definition) is 1. The fraction of sp³-hybridized carbons (Fsp3) is 0.471. The maximum Gasteiger partial charge on any atom is 0.165 e. The van der Waals surface area contributed by atoms with Gasteiger partial charge in [-0.2, -0.15) is 0 Å². The minimum Gasteiger partial charge on any atom is -0.294 e. The van der Waals surface area contributed by atoms with Crippen molar-refractivity contribution in [2.75, 3.05) is 0 Å². The SMILES string of the molecule is CC1(C)[C@@H]2CC[C@]1(C)C(=O)C2=Cc1ccccc1. The summed E-state index contributed by atoms with van der Waals surface area (Å²) in [6, 6.07) is 10.2. The van der Waals surface area contributed by atoms with Crippen LogP contribution in [0, 0.1) is 16.7 Å². The molecule has 3 rings (SSSR count). The summed E-state index contributed by atoms with van der Waals surface area (Å²) in [5, 5.41) is 0. The lowest BCUT2D eigenvalue weighted by atomic mass is 9.70. The van der Waals surface area contributed by atoms with E-state index in [4.69, 9.17) is 0 Å². The van der Waals surface area contributed by atoms with Crippen LogP contribution in [0.25, 0.3) is 6.08 Å². The Balaban J connectivity index is 2.07. The van der Waals surface area contributed by atoms with Crippen LogP contribution in [0.2, 0.25) is 0 Å². The molecule has 2 saturated carbocycles. The van der Waals surface area contributed by atoms with E-state index in [1.54, 1.807) is 0 Å². The molecule has 1 heteroatoms.